The molecular formula is C25H30N4O4. The number of hydrogen-bond donors (Lipinski definition) is 0. The SMILES string of the molecule is CCC(c1nc2ccccc2c(=O)n1CC)N(CCC(C)C)C(=O)c1cccc([N+](=O)[O-])c1. The van der Waals surface area contributed by atoms with Gasteiger partial charge in [0.2, 0.25) is 0 Å². The number of carbonyl (C=O) groups excluding carboxylic acids is 1. The second kappa shape index (κ2) is 10.4. The Morgan fingerprint density at radius 1 is 1.15 bits per heavy atom. The third-order valence-corrected chi connectivity index (χ3v) is 5.78. The lowest BCUT2D eigenvalue weighted by molar-refractivity contribution is -0.384. The van der Waals surface area contributed by atoms with Crippen LogP contribution in [-0.2, 0) is 6.54 Å². The van der Waals surface area contributed by atoms with Crippen molar-refractivity contribution >= 4 is 22.5 Å². The fraction of sp³-hybridized carbons (Fsp3) is 0.400. The average molecular weight is 451 g/mol. The number of hydrogen-bond acceptors (Lipinski definition) is 5. The van der Waals surface area contributed by atoms with E-state index in [1.807, 2.05) is 26.0 Å². The van der Waals surface area contributed by atoms with Gasteiger partial charge in [-0.2, -0.15) is 0 Å². The predicted octanol–water partition coefficient (Wildman–Crippen LogP) is 4.96. The topological polar surface area (TPSA) is 98.3 Å². The first-order chi connectivity index (χ1) is 15.8. The minimum Gasteiger partial charge on any atom is -0.328 e. The van der Waals surface area contributed by atoms with Gasteiger partial charge in [0.25, 0.3) is 17.2 Å². The normalized spacial score (nSPS) is 12.2. The first-order valence-corrected chi connectivity index (χ1v) is 11.3. The lowest BCUT2D eigenvalue weighted by atomic mass is 10.0. The van der Waals surface area contributed by atoms with Crippen LogP contribution >= 0.6 is 0 Å². The van der Waals surface area contributed by atoms with Crippen LogP contribution in [0.5, 0.6) is 0 Å². The van der Waals surface area contributed by atoms with E-state index in [1.54, 1.807) is 27.7 Å². The number of rotatable bonds is 9. The standard InChI is InChI=1S/C25H30N4O4/c1-5-22(23-26-21-13-8-7-12-20(21)25(31)27(23)6-2)28(15-14-17(3)4)24(30)18-10-9-11-19(16-18)29(32)33/h7-13,16-17,22H,5-6,14-15H2,1-4H3. The summed E-state index contributed by atoms with van der Waals surface area (Å²) in [5.74, 6) is 0.573. The molecule has 0 aliphatic rings. The maximum absolute atomic E-state index is 13.6. The molecule has 0 saturated carbocycles. The first-order valence-electron chi connectivity index (χ1n) is 11.3. The minimum atomic E-state index is -0.508. The molecule has 8 heteroatoms. The van der Waals surface area contributed by atoms with Gasteiger partial charge >= 0.3 is 0 Å². The van der Waals surface area contributed by atoms with Crippen LogP contribution in [0.2, 0.25) is 0 Å². The van der Waals surface area contributed by atoms with Gasteiger partial charge in [-0.3, -0.25) is 24.3 Å². The zero-order valence-electron chi connectivity index (χ0n) is 19.5. The van der Waals surface area contributed by atoms with Crippen LogP contribution in [0.1, 0.15) is 62.8 Å². The minimum absolute atomic E-state index is 0.132. The number of aromatic nitrogens is 2. The summed E-state index contributed by atoms with van der Waals surface area (Å²) in [6.07, 6.45) is 1.30. The van der Waals surface area contributed by atoms with E-state index in [2.05, 4.69) is 13.8 Å². The Balaban J connectivity index is 2.15. The van der Waals surface area contributed by atoms with Gasteiger partial charge in [0.15, 0.2) is 0 Å². The van der Waals surface area contributed by atoms with Gasteiger partial charge in [0.1, 0.15) is 5.82 Å². The summed E-state index contributed by atoms with van der Waals surface area (Å²) >= 11 is 0. The molecule has 0 fully saturated rings. The van der Waals surface area contributed by atoms with Crippen molar-refractivity contribution in [1.29, 1.82) is 0 Å². The van der Waals surface area contributed by atoms with Crippen molar-refractivity contribution in [3.05, 3.63) is 80.4 Å². The van der Waals surface area contributed by atoms with Crippen molar-refractivity contribution < 1.29 is 9.72 Å². The van der Waals surface area contributed by atoms with E-state index in [0.717, 1.165) is 6.42 Å². The summed E-state index contributed by atoms with van der Waals surface area (Å²) in [6, 6.07) is 12.5. The highest BCUT2D eigenvalue weighted by atomic mass is 16.6. The fourth-order valence-electron chi connectivity index (χ4n) is 4.00. The number of benzene rings is 2. The second-order valence-electron chi connectivity index (χ2n) is 8.45. The molecule has 0 saturated heterocycles. The van der Waals surface area contributed by atoms with Gasteiger partial charge in [-0.05, 0) is 43.9 Å². The van der Waals surface area contributed by atoms with Crippen LogP contribution in [0.15, 0.2) is 53.3 Å². The molecule has 8 nitrogen and oxygen atoms in total. The molecule has 0 radical (unpaired) electrons. The number of nitro benzene ring substituents is 1. The third-order valence-electron chi connectivity index (χ3n) is 5.78. The Labute approximate surface area is 193 Å². The van der Waals surface area contributed by atoms with Gasteiger partial charge in [-0.25, -0.2) is 4.98 Å². The number of amides is 1. The van der Waals surface area contributed by atoms with Gasteiger partial charge in [-0.1, -0.05) is 39.0 Å². The van der Waals surface area contributed by atoms with Crippen molar-refractivity contribution in [2.24, 2.45) is 5.92 Å². The molecule has 1 aromatic heterocycles. The van der Waals surface area contributed by atoms with E-state index >= 15 is 0 Å². The predicted molar refractivity (Wildman–Crippen MR) is 128 cm³/mol. The quantitative estimate of drug-likeness (QED) is 0.339. The summed E-state index contributed by atoms with van der Waals surface area (Å²) in [6.45, 7) is 8.86. The molecule has 0 N–H and O–H groups in total. The zero-order chi connectivity index (χ0) is 24.1. The van der Waals surface area contributed by atoms with E-state index in [-0.39, 0.29) is 22.7 Å². The van der Waals surface area contributed by atoms with Gasteiger partial charge < -0.3 is 4.90 Å². The Kier molecular flexibility index (Phi) is 7.58. The maximum atomic E-state index is 13.6. The van der Waals surface area contributed by atoms with Gasteiger partial charge in [0, 0.05) is 30.8 Å². The van der Waals surface area contributed by atoms with E-state index in [0.29, 0.717) is 42.2 Å². The van der Waals surface area contributed by atoms with Crippen LogP contribution in [0.25, 0.3) is 10.9 Å². The van der Waals surface area contributed by atoms with Crippen LogP contribution in [0, 0.1) is 16.0 Å². The van der Waals surface area contributed by atoms with E-state index in [4.69, 9.17) is 4.98 Å². The maximum Gasteiger partial charge on any atom is 0.270 e. The van der Waals surface area contributed by atoms with Crippen molar-refractivity contribution in [2.45, 2.75) is 53.1 Å². The Morgan fingerprint density at radius 2 is 1.88 bits per heavy atom. The molecule has 33 heavy (non-hydrogen) atoms. The van der Waals surface area contributed by atoms with Crippen LogP contribution < -0.4 is 5.56 Å². The van der Waals surface area contributed by atoms with Crippen molar-refractivity contribution in [1.82, 2.24) is 14.5 Å². The van der Waals surface area contributed by atoms with E-state index < -0.39 is 11.0 Å². The molecule has 2 aromatic carbocycles. The highest BCUT2D eigenvalue weighted by Gasteiger charge is 2.29. The molecule has 1 atom stereocenters. The summed E-state index contributed by atoms with van der Waals surface area (Å²) in [4.78, 5) is 44.1. The van der Waals surface area contributed by atoms with Gasteiger partial charge in [-0.15, -0.1) is 0 Å². The van der Waals surface area contributed by atoms with Gasteiger partial charge in [0.05, 0.1) is 21.9 Å². The smallest absolute Gasteiger partial charge is 0.270 e. The van der Waals surface area contributed by atoms with Crippen molar-refractivity contribution in [3.63, 3.8) is 0 Å². The number of para-hydroxylation sites is 1. The molecular weight excluding hydrogens is 420 g/mol. The average Bonchev–Trinajstić information content (AvgIpc) is 2.81. The Hall–Kier alpha value is -3.55. The molecule has 3 rings (SSSR count). The van der Waals surface area contributed by atoms with E-state index in [9.17, 15) is 19.7 Å². The molecule has 0 spiro atoms. The molecule has 3 aromatic rings. The Bertz CT molecular complexity index is 1220. The summed E-state index contributed by atoms with van der Waals surface area (Å²) in [5.41, 5.74) is 0.569. The fourth-order valence-corrected chi connectivity index (χ4v) is 4.00. The summed E-state index contributed by atoms with van der Waals surface area (Å²) in [7, 11) is 0. The van der Waals surface area contributed by atoms with Crippen LogP contribution in [0.4, 0.5) is 5.69 Å². The zero-order valence-corrected chi connectivity index (χ0v) is 19.5. The van der Waals surface area contributed by atoms with Crippen molar-refractivity contribution in [2.75, 3.05) is 6.54 Å². The van der Waals surface area contributed by atoms with Crippen LogP contribution in [0.3, 0.4) is 0 Å². The highest BCUT2D eigenvalue weighted by molar-refractivity contribution is 5.95. The number of carbonyl (C=O) groups is 1. The third kappa shape index (κ3) is 5.10. The van der Waals surface area contributed by atoms with E-state index in [1.165, 1.54) is 18.2 Å². The largest absolute Gasteiger partial charge is 0.328 e. The lowest BCUT2D eigenvalue weighted by Gasteiger charge is -2.33. The number of nitrogens with zero attached hydrogens (tertiary/aromatic N) is 4. The molecule has 1 amide bonds. The Morgan fingerprint density at radius 3 is 2.52 bits per heavy atom. The number of fused-ring (bicyclic) bond motifs is 1. The summed E-state index contributed by atoms with van der Waals surface area (Å²) < 4.78 is 1.62. The lowest BCUT2D eigenvalue weighted by Crippen LogP contribution is -2.39. The molecule has 1 unspecified atom stereocenters. The van der Waals surface area contributed by atoms with Crippen molar-refractivity contribution in [3.8, 4) is 0 Å². The molecule has 0 bridgehead atoms. The molecule has 0 aliphatic carbocycles. The van der Waals surface area contributed by atoms with Crippen LogP contribution in [-0.4, -0.2) is 31.8 Å². The number of non-ortho nitro benzene ring substituents is 1. The molecule has 1 heterocycles. The number of nitro groups is 1. The molecule has 0 aliphatic heterocycles. The molecule has 174 valence electrons. The summed E-state index contributed by atoms with van der Waals surface area (Å²) in [5, 5.41) is 11.8. The monoisotopic (exact) mass is 450 g/mol. The highest BCUT2D eigenvalue weighted by Crippen LogP contribution is 2.27. The second-order valence-corrected chi connectivity index (χ2v) is 8.45. The first kappa shape index (κ1) is 24.1.